The predicted molar refractivity (Wildman–Crippen MR) is 177 cm³/mol. The van der Waals surface area contributed by atoms with E-state index in [2.05, 4.69) is 48.1 Å². The minimum Gasteiger partial charge on any atom is -0.436 e. The number of anilines is 1. The van der Waals surface area contributed by atoms with Crippen LogP contribution in [0.3, 0.4) is 0 Å². The van der Waals surface area contributed by atoms with Gasteiger partial charge in [0.1, 0.15) is 0 Å². The average molecular weight is 732 g/mol. The van der Waals surface area contributed by atoms with E-state index in [0.29, 0.717) is 58.0 Å². The van der Waals surface area contributed by atoms with Gasteiger partial charge in [0, 0.05) is 65.9 Å². The summed E-state index contributed by atoms with van der Waals surface area (Å²) >= 11 is 7.08. The number of fused-ring (bicyclic) bond motifs is 1. The van der Waals surface area contributed by atoms with Gasteiger partial charge in [0.25, 0.3) is 5.91 Å². The van der Waals surface area contributed by atoms with Crippen molar-refractivity contribution in [1.82, 2.24) is 19.6 Å². The number of hydrogen-bond donors (Lipinski definition) is 1. The summed E-state index contributed by atoms with van der Waals surface area (Å²) in [6, 6.07) is 14.3. The summed E-state index contributed by atoms with van der Waals surface area (Å²) in [6.45, 7) is 5.29. The molecule has 236 valence electrons. The molecule has 2 aromatic carbocycles. The van der Waals surface area contributed by atoms with Gasteiger partial charge in [-0.3, -0.25) is 4.79 Å². The lowest BCUT2D eigenvalue weighted by molar-refractivity contribution is -0.142. The fourth-order valence-corrected chi connectivity index (χ4v) is 7.79. The van der Waals surface area contributed by atoms with E-state index in [-0.39, 0.29) is 18.0 Å². The Bertz CT molecular complexity index is 1350. The lowest BCUT2D eigenvalue weighted by Crippen LogP contribution is -2.52. The number of carbonyl (C=O) groups is 3. The molecule has 0 spiro atoms. The maximum Gasteiger partial charge on any atom is 0.410 e. The number of hydrogen-bond acceptors (Lipinski definition) is 5. The van der Waals surface area contributed by atoms with Gasteiger partial charge in [-0.2, -0.15) is 0 Å². The largest absolute Gasteiger partial charge is 0.436 e. The lowest BCUT2D eigenvalue weighted by atomic mass is 10.0. The van der Waals surface area contributed by atoms with Gasteiger partial charge in [0.05, 0.1) is 0 Å². The van der Waals surface area contributed by atoms with Gasteiger partial charge in [-0.25, -0.2) is 9.59 Å². The highest BCUT2D eigenvalue weighted by atomic mass is 79.9. The zero-order chi connectivity index (χ0) is 30.6. The van der Waals surface area contributed by atoms with Crippen molar-refractivity contribution in [2.45, 2.75) is 69.6 Å². The number of ether oxygens (including phenoxy) is 1. The van der Waals surface area contributed by atoms with Crippen LogP contribution in [0.4, 0.5) is 15.3 Å². The summed E-state index contributed by atoms with van der Waals surface area (Å²) in [5.41, 5.74) is 2.93. The molecule has 3 saturated heterocycles. The van der Waals surface area contributed by atoms with Crippen LogP contribution in [0.15, 0.2) is 51.4 Å². The Morgan fingerprint density at radius 2 is 1.52 bits per heavy atom. The molecular formula is C33H41Br2N5O4. The van der Waals surface area contributed by atoms with Gasteiger partial charge >= 0.3 is 12.1 Å². The van der Waals surface area contributed by atoms with Crippen LogP contribution >= 0.6 is 31.9 Å². The van der Waals surface area contributed by atoms with E-state index >= 15 is 0 Å². The number of benzene rings is 2. The van der Waals surface area contributed by atoms with Crippen molar-refractivity contribution in [2.24, 2.45) is 0 Å². The highest BCUT2D eigenvalue weighted by Crippen LogP contribution is 2.28. The van der Waals surface area contributed by atoms with Crippen LogP contribution in [0.2, 0.25) is 0 Å². The van der Waals surface area contributed by atoms with Gasteiger partial charge < -0.3 is 29.7 Å². The second kappa shape index (κ2) is 14.2. The molecule has 3 fully saturated rings. The third kappa shape index (κ3) is 7.26. The fraction of sp³-hybridized carbons (Fsp3) is 0.545. The zero-order valence-electron chi connectivity index (χ0n) is 25.1. The Morgan fingerprint density at radius 3 is 2.25 bits per heavy atom. The van der Waals surface area contributed by atoms with Crippen molar-refractivity contribution in [2.75, 3.05) is 51.1 Å². The Labute approximate surface area is 276 Å². The van der Waals surface area contributed by atoms with Crippen molar-refractivity contribution < 1.29 is 19.1 Å². The molecule has 0 saturated carbocycles. The predicted octanol–water partition coefficient (Wildman–Crippen LogP) is 5.90. The maximum absolute atomic E-state index is 13.9. The first-order valence-corrected chi connectivity index (χ1v) is 17.5. The van der Waals surface area contributed by atoms with Gasteiger partial charge in [0.15, 0.2) is 6.10 Å². The molecule has 0 radical (unpaired) electrons. The molecule has 11 heteroatoms. The summed E-state index contributed by atoms with van der Waals surface area (Å²) in [7, 11) is 0. The minimum absolute atomic E-state index is 0.0443. The molecule has 4 heterocycles. The number of likely N-dealkylation sites (tertiary alicyclic amines) is 3. The first-order chi connectivity index (χ1) is 21.4. The third-order valence-electron chi connectivity index (χ3n) is 9.66. The van der Waals surface area contributed by atoms with E-state index in [1.165, 1.54) is 12.8 Å². The molecule has 0 bridgehead atoms. The molecule has 0 aliphatic carbocycles. The highest BCUT2D eigenvalue weighted by Gasteiger charge is 2.36. The molecule has 44 heavy (non-hydrogen) atoms. The van der Waals surface area contributed by atoms with Crippen molar-refractivity contribution in [3.63, 3.8) is 0 Å². The molecule has 2 aromatic rings. The van der Waals surface area contributed by atoms with Crippen LogP contribution in [-0.4, -0.2) is 102 Å². The second-order valence-electron chi connectivity index (χ2n) is 12.4. The summed E-state index contributed by atoms with van der Waals surface area (Å²) < 4.78 is 7.85. The molecule has 1 atom stereocenters. The van der Waals surface area contributed by atoms with Gasteiger partial charge in [-0.15, -0.1) is 0 Å². The number of nitrogens with one attached hydrogen (secondary N) is 1. The first kappa shape index (κ1) is 31.4. The maximum atomic E-state index is 13.9. The van der Waals surface area contributed by atoms with E-state index < -0.39 is 12.2 Å². The Morgan fingerprint density at radius 1 is 0.841 bits per heavy atom. The van der Waals surface area contributed by atoms with Crippen molar-refractivity contribution in [3.8, 4) is 0 Å². The van der Waals surface area contributed by atoms with Gasteiger partial charge in [-0.05, 0) is 119 Å². The Balaban J connectivity index is 1.07. The monoisotopic (exact) mass is 729 g/mol. The normalized spacial score (nSPS) is 21.0. The quantitative estimate of drug-likeness (QED) is 0.400. The summed E-state index contributed by atoms with van der Waals surface area (Å²) in [6.07, 6.45) is 5.52. The number of para-hydroxylation sites is 1. The SMILES string of the molecule is O=C(OC(Cc1ccc(Br)c(Br)c1)C(=O)N1CCC(N2CCCC2)CC1)N1CCC(N2CCc3ccccc3NC2=O)CC1. The number of amides is 4. The number of halogens is 2. The van der Waals surface area contributed by atoms with Crippen molar-refractivity contribution >= 4 is 55.6 Å². The molecule has 4 aliphatic rings. The van der Waals surface area contributed by atoms with Crippen LogP contribution in [0.1, 0.15) is 49.7 Å². The Kier molecular flexibility index (Phi) is 10.1. The fourth-order valence-electron chi connectivity index (χ4n) is 7.12. The molecule has 4 aliphatic heterocycles. The van der Waals surface area contributed by atoms with E-state index in [0.717, 1.165) is 58.1 Å². The molecule has 0 aromatic heterocycles. The van der Waals surface area contributed by atoms with Crippen LogP contribution in [0, 0.1) is 0 Å². The van der Waals surface area contributed by atoms with E-state index in [1.807, 2.05) is 46.2 Å². The van der Waals surface area contributed by atoms with E-state index in [9.17, 15) is 14.4 Å². The van der Waals surface area contributed by atoms with Crippen molar-refractivity contribution in [1.29, 1.82) is 0 Å². The summed E-state index contributed by atoms with van der Waals surface area (Å²) in [5.74, 6) is -0.118. The number of rotatable bonds is 6. The topological polar surface area (TPSA) is 85.4 Å². The van der Waals surface area contributed by atoms with E-state index in [4.69, 9.17) is 4.74 Å². The smallest absolute Gasteiger partial charge is 0.410 e. The number of urea groups is 1. The Hall–Kier alpha value is -2.63. The molecule has 9 nitrogen and oxygen atoms in total. The lowest BCUT2D eigenvalue weighted by Gasteiger charge is -2.39. The van der Waals surface area contributed by atoms with Crippen LogP contribution in [0.5, 0.6) is 0 Å². The standard InChI is InChI=1S/C33H41Br2N5O4/c34-27-8-7-23(21-28(27)35)22-30(31(41)38-16-10-25(11-17-38)37-14-3-4-15-37)44-33(43)39-18-12-26(13-19-39)40-20-9-24-5-1-2-6-29(24)36-32(40)42/h1-2,5-8,21,25-26,30H,3-4,9-20,22H2,(H,36,42). The highest BCUT2D eigenvalue weighted by molar-refractivity contribution is 9.13. The van der Waals surface area contributed by atoms with Gasteiger partial charge in [0.2, 0.25) is 0 Å². The zero-order valence-corrected chi connectivity index (χ0v) is 28.2. The average Bonchev–Trinajstić information content (AvgIpc) is 3.53. The van der Waals surface area contributed by atoms with Crippen LogP contribution < -0.4 is 5.32 Å². The third-order valence-corrected chi connectivity index (χ3v) is 11.5. The second-order valence-corrected chi connectivity index (χ2v) is 14.1. The first-order valence-electron chi connectivity index (χ1n) is 15.9. The van der Waals surface area contributed by atoms with E-state index in [1.54, 1.807) is 4.90 Å². The molecular weight excluding hydrogens is 690 g/mol. The summed E-state index contributed by atoms with van der Waals surface area (Å²) in [5, 5.41) is 3.05. The number of nitrogens with zero attached hydrogens (tertiary/aromatic N) is 4. The molecule has 6 rings (SSSR count). The van der Waals surface area contributed by atoms with Gasteiger partial charge in [-0.1, -0.05) is 24.3 Å². The number of carbonyl (C=O) groups excluding carboxylic acids is 3. The van der Waals surface area contributed by atoms with Crippen molar-refractivity contribution in [3.05, 3.63) is 62.5 Å². The molecule has 4 amide bonds. The van der Waals surface area contributed by atoms with Crippen LogP contribution in [-0.2, 0) is 22.4 Å². The number of piperidine rings is 2. The minimum atomic E-state index is -0.897. The van der Waals surface area contributed by atoms with Crippen LogP contribution in [0.25, 0.3) is 0 Å². The molecule has 1 unspecified atom stereocenters. The summed E-state index contributed by atoms with van der Waals surface area (Å²) in [4.78, 5) is 48.5. The molecule has 1 N–H and O–H groups in total.